The molecular weight excluding hydrogens is 356 g/mol. The van der Waals surface area contributed by atoms with Crippen LogP contribution in [-0.4, -0.2) is 37.5 Å². The maximum atomic E-state index is 11.9. The number of nitrogens with two attached hydrogens (primary N) is 1. The lowest BCUT2D eigenvalue weighted by atomic mass is 10.2. The van der Waals surface area contributed by atoms with E-state index in [1.807, 2.05) is 0 Å². The van der Waals surface area contributed by atoms with Gasteiger partial charge in [-0.2, -0.15) is 0 Å². The molecule has 2 heterocycles. The molecule has 0 aliphatic carbocycles. The molecule has 0 aliphatic rings. The second-order valence-electron chi connectivity index (χ2n) is 5.63. The molecule has 0 saturated heterocycles. The van der Waals surface area contributed by atoms with Gasteiger partial charge in [-0.1, -0.05) is 16.8 Å². The number of rotatable bonds is 6. The monoisotopic (exact) mass is 372 g/mol. The highest BCUT2D eigenvalue weighted by molar-refractivity contribution is 6.30. The minimum absolute atomic E-state index is 0.204. The highest BCUT2D eigenvalue weighted by Gasteiger charge is 2.09. The summed E-state index contributed by atoms with van der Waals surface area (Å²) in [6.07, 6.45) is 3.90. The third-order valence-electron chi connectivity index (χ3n) is 3.61. The average molecular weight is 373 g/mol. The second kappa shape index (κ2) is 7.92. The Labute approximate surface area is 155 Å². The summed E-state index contributed by atoms with van der Waals surface area (Å²) in [5.41, 5.74) is 7.80. The van der Waals surface area contributed by atoms with Gasteiger partial charge < -0.3 is 10.5 Å². The first-order chi connectivity index (χ1) is 12.5. The van der Waals surface area contributed by atoms with Gasteiger partial charge in [-0.15, -0.1) is 5.10 Å². The minimum Gasteiger partial charge on any atom is -0.462 e. The van der Waals surface area contributed by atoms with Crippen molar-refractivity contribution in [3.63, 3.8) is 0 Å². The molecule has 8 nitrogen and oxygen atoms in total. The normalized spacial score (nSPS) is 10.7. The highest BCUT2D eigenvalue weighted by Crippen LogP contribution is 2.11. The van der Waals surface area contributed by atoms with E-state index in [0.29, 0.717) is 40.9 Å². The zero-order chi connectivity index (χ0) is 18.5. The molecule has 0 spiro atoms. The third kappa shape index (κ3) is 4.54. The van der Waals surface area contributed by atoms with Gasteiger partial charge in [0.2, 0.25) is 0 Å². The Kier molecular flexibility index (Phi) is 5.43. The summed E-state index contributed by atoms with van der Waals surface area (Å²) in [7, 11) is 0. The predicted octanol–water partition coefficient (Wildman–Crippen LogP) is 2.06. The van der Waals surface area contributed by atoms with E-state index in [9.17, 15) is 4.79 Å². The quantitative estimate of drug-likeness (QED) is 0.659. The molecule has 0 aliphatic heterocycles. The molecule has 0 fully saturated rings. The first-order valence-electron chi connectivity index (χ1n) is 7.91. The molecule has 0 atom stereocenters. The summed E-state index contributed by atoms with van der Waals surface area (Å²) in [5.74, 6) is 0.637. The molecular formula is C17H17ClN6O2. The van der Waals surface area contributed by atoms with Gasteiger partial charge in [-0.3, -0.25) is 0 Å². The van der Waals surface area contributed by atoms with Crippen molar-refractivity contribution in [1.29, 1.82) is 0 Å². The van der Waals surface area contributed by atoms with E-state index in [0.717, 1.165) is 5.56 Å². The number of hydrogen-bond acceptors (Lipinski definition) is 7. The summed E-state index contributed by atoms with van der Waals surface area (Å²) < 4.78 is 6.87. The van der Waals surface area contributed by atoms with E-state index in [2.05, 4.69) is 20.3 Å². The van der Waals surface area contributed by atoms with Crippen LogP contribution < -0.4 is 5.73 Å². The van der Waals surface area contributed by atoms with Crippen LogP contribution in [0.15, 0.2) is 36.7 Å². The second-order valence-corrected chi connectivity index (χ2v) is 6.06. The number of esters is 1. The van der Waals surface area contributed by atoms with Crippen molar-refractivity contribution in [3.8, 4) is 0 Å². The maximum absolute atomic E-state index is 11.9. The minimum atomic E-state index is -0.404. The van der Waals surface area contributed by atoms with Crippen LogP contribution in [0.25, 0.3) is 0 Å². The number of nitrogens with zero attached hydrogens (tertiary/aromatic N) is 5. The maximum Gasteiger partial charge on any atom is 0.338 e. The number of nitrogen functional groups attached to an aromatic ring is 1. The van der Waals surface area contributed by atoms with Gasteiger partial charge in [0.15, 0.2) is 0 Å². The Hall–Kier alpha value is -3.00. The fourth-order valence-corrected chi connectivity index (χ4v) is 2.38. The lowest BCUT2D eigenvalue weighted by Crippen LogP contribution is -2.08. The van der Waals surface area contributed by atoms with Crippen LogP contribution in [0.3, 0.4) is 0 Å². The lowest BCUT2D eigenvalue weighted by molar-refractivity contribution is 0.0508. The molecule has 2 N–H and O–H groups in total. The van der Waals surface area contributed by atoms with Crippen molar-refractivity contribution in [2.75, 3.05) is 12.3 Å². The largest absolute Gasteiger partial charge is 0.462 e. The molecule has 3 rings (SSSR count). The number of hydrogen-bond donors (Lipinski definition) is 1. The summed E-state index contributed by atoms with van der Waals surface area (Å²) in [5, 5.41) is 8.67. The Balaban J connectivity index is 1.52. The zero-order valence-electron chi connectivity index (χ0n) is 14.1. The van der Waals surface area contributed by atoms with Crippen molar-refractivity contribution < 1.29 is 9.53 Å². The summed E-state index contributed by atoms with van der Waals surface area (Å²) in [6, 6.07) is 6.53. The van der Waals surface area contributed by atoms with E-state index < -0.39 is 5.97 Å². The molecule has 134 valence electrons. The standard InChI is InChI=1S/C17H17ClN6O2/c1-11-20-8-13(16(19)21-11)9-24-10-15(22-23-24)6-7-26-17(25)12-2-4-14(18)5-3-12/h2-5,8,10H,6-7,9H2,1H3,(H2,19,20,21). The van der Waals surface area contributed by atoms with E-state index in [1.54, 1.807) is 48.3 Å². The Morgan fingerprint density at radius 1 is 1.31 bits per heavy atom. The van der Waals surface area contributed by atoms with Gasteiger partial charge in [0, 0.05) is 29.4 Å². The molecule has 0 radical (unpaired) electrons. The number of carbonyl (C=O) groups is 1. The van der Waals surface area contributed by atoms with Crippen molar-refractivity contribution in [3.05, 3.63) is 64.3 Å². The number of ether oxygens (including phenoxy) is 1. The number of aryl methyl sites for hydroxylation is 1. The summed E-state index contributed by atoms with van der Waals surface area (Å²) >= 11 is 5.79. The van der Waals surface area contributed by atoms with Crippen molar-refractivity contribution in [1.82, 2.24) is 25.0 Å². The fourth-order valence-electron chi connectivity index (χ4n) is 2.26. The number of anilines is 1. The molecule has 0 saturated carbocycles. The average Bonchev–Trinajstić information content (AvgIpc) is 3.05. The smallest absolute Gasteiger partial charge is 0.338 e. The van der Waals surface area contributed by atoms with E-state index in [1.165, 1.54) is 0 Å². The SMILES string of the molecule is Cc1ncc(Cn2cc(CCOC(=O)c3ccc(Cl)cc3)nn2)c(N)n1. The molecule has 9 heteroatoms. The Morgan fingerprint density at radius 2 is 2.08 bits per heavy atom. The van der Waals surface area contributed by atoms with Crippen molar-refractivity contribution in [2.45, 2.75) is 19.9 Å². The molecule has 0 amide bonds. The van der Waals surface area contributed by atoms with Gasteiger partial charge in [0.1, 0.15) is 11.6 Å². The molecule has 0 unspecified atom stereocenters. The number of halogens is 1. The van der Waals surface area contributed by atoms with E-state index in [-0.39, 0.29) is 6.61 Å². The van der Waals surface area contributed by atoms with E-state index >= 15 is 0 Å². The van der Waals surface area contributed by atoms with E-state index in [4.69, 9.17) is 22.1 Å². The van der Waals surface area contributed by atoms with Gasteiger partial charge in [0.05, 0.1) is 24.4 Å². The number of aromatic nitrogens is 5. The zero-order valence-corrected chi connectivity index (χ0v) is 14.8. The number of carbonyl (C=O) groups excluding carboxylic acids is 1. The molecule has 0 bridgehead atoms. The molecule has 2 aromatic heterocycles. The van der Waals surface area contributed by atoms with Crippen molar-refractivity contribution in [2.24, 2.45) is 0 Å². The Bertz CT molecular complexity index is 910. The van der Waals surface area contributed by atoms with Crippen LogP contribution in [0.5, 0.6) is 0 Å². The lowest BCUT2D eigenvalue weighted by Gasteiger charge is -2.04. The van der Waals surface area contributed by atoms with Crippen LogP contribution in [0.2, 0.25) is 5.02 Å². The highest BCUT2D eigenvalue weighted by atomic mass is 35.5. The third-order valence-corrected chi connectivity index (χ3v) is 3.86. The van der Waals surface area contributed by atoms with Gasteiger partial charge >= 0.3 is 5.97 Å². The molecule has 3 aromatic rings. The van der Waals surface area contributed by atoms with Crippen LogP contribution in [-0.2, 0) is 17.7 Å². The Morgan fingerprint density at radius 3 is 2.81 bits per heavy atom. The van der Waals surface area contributed by atoms with Crippen molar-refractivity contribution >= 4 is 23.4 Å². The molecule has 26 heavy (non-hydrogen) atoms. The van der Waals surface area contributed by atoms with Crippen LogP contribution >= 0.6 is 11.6 Å². The van der Waals surface area contributed by atoms with Gasteiger partial charge in [0.25, 0.3) is 0 Å². The number of benzene rings is 1. The first kappa shape index (κ1) is 17.8. The summed E-state index contributed by atoms with van der Waals surface area (Å²) in [6.45, 7) is 2.40. The predicted molar refractivity (Wildman–Crippen MR) is 95.7 cm³/mol. The molecule has 1 aromatic carbocycles. The van der Waals surface area contributed by atoms with Crippen LogP contribution in [0.1, 0.15) is 27.4 Å². The van der Waals surface area contributed by atoms with Crippen LogP contribution in [0.4, 0.5) is 5.82 Å². The van der Waals surface area contributed by atoms with Gasteiger partial charge in [-0.05, 0) is 31.2 Å². The first-order valence-corrected chi connectivity index (χ1v) is 8.29. The topological polar surface area (TPSA) is 109 Å². The fraction of sp³-hybridized carbons (Fsp3) is 0.235. The van der Waals surface area contributed by atoms with Gasteiger partial charge in [-0.25, -0.2) is 19.4 Å². The van der Waals surface area contributed by atoms with Crippen LogP contribution in [0, 0.1) is 6.92 Å². The summed E-state index contributed by atoms with van der Waals surface area (Å²) in [4.78, 5) is 20.2.